The first-order valence-electron chi connectivity index (χ1n) is 12.0. The summed E-state index contributed by atoms with van der Waals surface area (Å²) in [6.45, 7) is 9.52. The number of piperidine rings is 1. The molecule has 0 aromatic carbocycles. The fraction of sp³-hybridized carbons (Fsp3) is 0.370. The average Bonchev–Trinajstić information content (AvgIpc) is 3.21. The highest BCUT2D eigenvalue weighted by Gasteiger charge is 2.47. The molecule has 0 aliphatic carbocycles. The van der Waals surface area contributed by atoms with Crippen molar-refractivity contribution < 1.29 is 14.2 Å². The molecule has 0 unspecified atom stereocenters. The molecule has 0 amide bonds. The third-order valence-corrected chi connectivity index (χ3v) is 6.54. The van der Waals surface area contributed by atoms with E-state index in [1.54, 1.807) is 34.9 Å². The normalized spacial score (nSPS) is 20.5. The number of halogens is 1. The summed E-state index contributed by atoms with van der Waals surface area (Å²) in [6.07, 6.45) is 3.83. The first kappa shape index (κ1) is 24.6. The lowest BCUT2D eigenvalue weighted by Gasteiger charge is -2.48. The second kappa shape index (κ2) is 8.78. The van der Waals surface area contributed by atoms with Crippen LogP contribution in [0.15, 0.2) is 42.9 Å². The van der Waals surface area contributed by atoms with Crippen molar-refractivity contribution in [3.05, 3.63) is 54.1 Å². The number of nitriles is 1. The number of aromatic hydroxyl groups is 1. The van der Waals surface area contributed by atoms with Gasteiger partial charge in [-0.25, -0.2) is 14.4 Å². The molecule has 5 rings (SSSR count). The van der Waals surface area contributed by atoms with Crippen molar-refractivity contribution in [2.45, 2.75) is 64.4 Å². The summed E-state index contributed by atoms with van der Waals surface area (Å²) in [6, 6.07) is 8.67. The lowest BCUT2D eigenvalue weighted by atomic mass is 9.79. The topological polar surface area (TPSA) is 121 Å². The number of aryl methyl sites for hydroxylation is 1. The minimum absolute atomic E-state index is 0.0911. The Balaban J connectivity index is 1.38. The number of aromatic nitrogens is 5. The van der Waals surface area contributed by atoms with E-state index in [1.165, 1.54) is 0 Å². The minimum Gasteiger partial charge on any atom is -0.506 e. The highest BCUT2D eigenvalue weighted by Crippen LogP contribution is 2.34. The van der Waals surface area contributed by atoms with Crippen LogP contribution in [-0.2, 0) is 0 Å². The van der Waals surface area contributed by atoms with E-state index >= 15 is 4.39 Å². The van der Waals surface area contributed by atoms with Gasteiger partial charge in [-0.3, -0.25) is 0 Å². The van der Waals surface area contributed by atoms with Gasteiger partial charge in [0.15, 0.2) is 11.8 Å². The molecule has 0 spiro atoms. The second-order valence-electron chi connectivity index (χ2n) is 10.7. The highest BCUT2D eigenvalue weighted by molar-refractivity contribution is 5.73. The number of imidazole rings is 1. The summed E-state index contributed by atoms with van der Waals surface area (Å²) in [5, 5.41) is 31.8. The van der Waals surface area contributed by atoms with Gasteiger partial charge in [-0.2, -0.15) is 5.26 Å². The molecule has 1 aliphatic rings. The number of alkyl halides is 1. The van der Waals surface area contributed by atoms with Gasteiger partial charge < -0.3 is 19.6 Å². The molecule has 190 valence electrons. The molecular formula is C27H28FN7O2. The molecular weight excluding hydrogens is 473 g/mol. The van der Waals surface area contributed by atoms with Crippen LogP contribution in [0.4, 0.5) is 4.39 Å². The van der Waals surface area contributed by atoms with Gasteiger partial charge in [-0.1, -0.05) is 0 Å². The number of pyridine rings is 2. The maximum atomic E-state index is 15.1. The zero-order valence-electron chi connectivity index (χ0n) is 21.3. The Morgan fingerprint density at radius 3 is 2.62 bits per heavy atom. The molecule has 0 radical (unpaired) electrons. The highest BCUT2D eigenvalue weighted by atomic mass is 19.1. The summed E-state index contributed by atoms with van der Waals surface area (Å²) < 4.78 is 22.7. The first-order chi connectivity index (χ1) is 17.5. The van der Waals surface area contributed by atoms with E-state index in [0.29, 0.717) is 34.5 Å². The van der Waals surface area contributed by atoms with Gasteiger partial charge in [0.25, 0.3) is 0 Å². The number of rotatable bonds is 4. The van der Waals surface area contributed by atoms with Gasteiger partial charge in [0.1, 0.15) is 29.3 Å². The average molecular weight is 502 g/mol. The summed E-state index contributed by atoms with van der Waals surface area (Å²) in [5.74, 6) is 0.112. The van der Waals surface area contributed by atoms with Crippen LogP contribution in [0.1, 0.15) is 45.4 Å². The van der Waals surface area contributed by atoms with Crippen LogP contribution in [0.2, 0.25) is 0 Å². The predicted molar refractivity (Wildman–Crippen MR) is 136 cm³/mol. The molecule has 4 aromatic heterocycles. The molecule has 4 aromatic rings. The van der Waals surface area contributed by atoms with Gasteiger partial charge in [-0.05, 0) is 52.8 Å². The Bertz CT molecular complexity index is 1520. The van der Waals surface area contributed by atoms with Gasteiger partial charge in [0.05, 0.1) is 11.3 Å². The number of nitrogens with zero attached hydrogens (tertiary/aromatic N) is 6. The van der Waals surface area contributed by atoms with Crippen molar-refractivity contribution in [3.63, 3.8) is 0 Å². The van der Waals surface area contributed by atoms with Crippen LogP contribution >= 0.6 is 0 Å². The monoisotopic (exact) mass is 501 g/mol. The first-order valence-corrected chi connectivity index (χ1v) is 12.0. The number of ether oxygens (including phenoxy) is 1. The van der Waals surface area contributed by atoms with E-state index in [9.17, 15) is 10.4 Å². The van der Waals surface area contributed by atoms with E-state index in [4.69, 9.17) is 4.74 Å². The SMILES string of the molecule is Cc1cn2cc(-c3cnc(-c4ccc(O[C@H]5CC(C)(C)NC(C)(C)[C@H]5F)nn4)c(O)c3)cc(C#N)c2n1. The van der Waals surface area contributed by atoms with Crippen molar-refractivity contribution in [2.75, 3.05) is 0 Å². The van der Waals surface area contributed by atoms with Crippen molar-refractivity contribution in [1.82, 2.24) is 29.9 Å². The van der Waals surface area contributed by atoms with Crippen LogP contribution in [0, 0.1) is 18.3 Å². The Kier molecular flexibility index (Phi) is 5.83. The van der Waals surface area contributed by atoms with E-state index in [-0.39, 0.29) is 22.9 Å². The predicted octanol–water partition coefficient (Wildman–Crippen LogP) is 4.38. The standard InChI is InChI=1S/C27H28FN7O2/c1-15-13-35-14-18(8-16(11-29)25(35)31-15)17-9-20(36)23(30-12-17)19-6-7-22(33-32-19)37-21-10-26(2,3)34-27(4,5)24(21)28/h6-9,12-14,21,24,34,36H,10H2,1-5H3/t21-,24-/m0/s1. The lowest BCUT2D eigenvalue weighted by Crippen LogP contribution is -2.66. The quantitative estimate of drug-likeness (QED) is 0.423. The van der Waals surface area contributed by atoms with E-state index in [1.807, 2.05) is 47.0 Å². The molecule has 5 heterocycles. The molecule has 2 N–H and O–H groups in total. The van der Waals surface area contributed by atoms with Crippen molar-refractivity contribution in [1.29, 1.82) is 5.26 Å². The lowest BCUT2D eigenvalue weighted by molar-refractivity contribution is -0.0281. The van der Waals surface area contributed by atoms with Crippen LogP contribution in [0.25, 0.3) is 28.2 Å². The Morgan fingerprint density at radius 1 is 1.16 bits per heavy atom. The molecule has 1 aliphatic heterocycles. The van der Waals surface area contributed by atoms with Crippen molar-refractivity contribution in [2.24, 2.45) is 0 Å². The molecule has 1 fully saturated rings. The molecule has 9 nitrogen and oxygen atoms in total. The third-order valence-electron chi connectivity index (χ3n) is 6.54. The third kappa shape index (κ3) is 4.70. The number of hydrogen-bond donors (Lipinski definition) is 2. The minimum atomic E-state index is -1.23. The summed E-state index contributed by atoms with van der Waals surface area (Å²) >= 11 is 0. The molecule has 0 bridgehead atoms. The fourth-order valence-corrected chi connectivity index (χ4v) is 5.10. The number of nitrogens with one attached hydrogen (secondary N) is 1. The zero-order chi connectivity index (χ0) is 26.5. The molecule has 1 saturated heterocycles. The Labute approximate surface area is 214 Å². The van der Waals surface area contributed by atoms with Crippen LogP contribution in [-0.4, -0.2) is 53.0 Å². The van der Waals surface area contributed by atoms with Crippen molar-refractivity contribution >= 4 is 5.65 Å². The Morgan fingerprint density at radius 2 is 1.95 bits per heavy atom. The van der Waals surface area contributed by atoms with Crippen LogP contribution in [0.5, 0.6) is 11.6 Å². The maximum absolute atomic E-state index is 15.1. The summed E-state index contributed by atoms with van der Waals surface area (Å²) in [5.41, 5.74) is 2.68. The second-order valence-corrected chi connectivity index (χ2v) is 10.7. The van der Waals surface area contributed by atoms with Crippen molar-refractivity contribution in [3.8, 4) is 40.2 Å². The van der Waals surface area contributed by atoms with E-state index in [0.717, 1.165) is 5.69 Å². The van der Waals surface area contributed by atoms with Gasteiger partial charge >= 0.3 is 0 Å². The number of fused-ring (bicyclic) bond motifs is 1. The van der Waals surface area contributed by atoms with Crippen LogP contribution < -0.4 is 10.1 Å². The molecule has 37 heavy (non-hydrogen) atoms. The maximum Gasteiger partial charge on any atom is 0.233 e. The largest absolute Gasteiger partial charge is 0.506 e. The van der Waals surface area contributed by atoms with Gasteiger partial charge in [0.2, 0.25) is 5.88 Å². The summed E-state index contributed by atoms with van der Waals surface area (Å²) in [7, 11) is 0. The van der Waals surface area contributed by atoms with Crippen LogP contribution in [0.3, 0.4) is 0 Å². The molecule has 2 atom stereocenters. The Hall–Kier alpha value is -4.10. The summed E-state index contributed by atoms with van der Waals surface area (Å²) in [4.78, 5) is 8.77. The van der Waals surface area contributed by atoms with Gasteiger partial charge in [-0.15, -0.1) is 10.2 Å². The smallest absolute Gasteiger partial charge is 0.233 e. The number of hydrogen-bond acceptors (Lipinski definition) is 8. The molecule has 10 heteroatoms. The molecule has 0 saturated carbocycles. The van der Waals surface area contributed by atoms with Gasteiger partial charge in [0, 0.05) is 53.3 Å². The van der Waals surface area contributed by atoms with E-state index < -0.39 is 17.8 Å². The zero-order valence-corrected chi connectivity index (χ0v) is 21.3. The van der Waals surface area contributed by atoms with E-state index in [2.05, 4.69) is 31.6 Å². The fourth-order valence-electron chi connectivity index (χ4n) is 5.10.